The van der Waals surface area contributed by atoms with Crippen LogP contribution in [-0.2, 0) is 0 Å². The van der Waals surface area contributed by atoms with Crippen molar-refractivity contribution >= 4 is 39.1 Å². The maximum Gasteiger partial charge on any atom is 0.348 e. The number of rotatable bonds is 2. The highest BCUT2D eigenvalue weighted by atomic mass is 16.2. The van der Waals surface area contributed by atoms with Crippen LogP contribution in [0.2, 0.25) is 0 Å². The van der Waals surface area contributed by atoms with Gasteiger partial charge < -0.3 is 0 Å². The Bertz CT molecular complexity index is 2300. The molecule has 1 aliphatic carbocycles. The largest absolute Gasteiger partial charge is 0.348 e. The van der Waals surface area contributed by atoms with E-state index in [1.807, 2.05) is 42.5 Å². The lowest BCUT2D eigenvalue weighted by Crippen LogP contribution is -2.62. The Morgan fingerprint density at radius 2 is 1.00 bits per heavy atom. The molecule has 1 heterocycles. The van der Waals surface area contributed by atoms with Gasteiger partial charge in [0.1, 0.15) is 0 Å². The molecule has 0 atom stereocenters. The van der Waals surface area contributed by atoms with Crippen molar-refractivity contribution in [3.8, 4) is 23.0 Å². The molecule has 0 bridgehead atoms. The van der Waals surface area contributed by atoms with E-state index in [4.69, 9.17) is 0 Å². The van der Waals surface area contributed by atoms with Gasteiger partial charge in [-0.15, -0.1) is 0 Å². The van der Waals surface area contributed by atoms with Gasteiger partial charge in [-0.1, -0.05) is 109 Å². The SMILES string of the molecule is CN1N[C](c2ccc(-c3c4ccccc4c(C#Cc4ccc5c(c4)C(=O)c4ccccc4C5=O)c4ccccc34)cc2)NN(C)C1=O. The van der Waals surface area contributed by atoms with E-state index in [-0.39, 0.29) is 17.6 Å². The monoisotopic (exact) mass is 611 g/mol. The van der Waals surface area contributed by atoms with Crippen LogP contribution in [0.25, 0.3) is 32.7 Å². The van der Waals surface area contributed by atoms with E-state index in [1.54, 1.807) is 50.5 Å². The topological polar surface area (TPSA) is 81.8 Å². The molecule has 0 unspecified atom stereocenters. The quantitative estimate of drug-likeness (QED) is 0.168. The van der Waals surface area contributed by atoms with Crippen molar-refractivity contribution in [3.05, 3.63) is 160 Å². The van der Waals surface area contributed by atoms with Crippen molar-refractivity contribution < 1.29 is 14.4 Å². The van der Waals surface area contributed by atoms with Gasteiger partial charge in [-0.25, -0.2) is 15.6 Å². The number of carbonyl (C=O) groups excluding carboxylic acids is 3. The fourth-order valence-electron chi connectivity index (χ4n) is 6.50. The van der Waals surface area contributed by atoms with Gasteiger partial charge in [0.25, 0.3) is 0 Å². The van der Waals surface area contributed by atoms with Crippen LogP contribution in [-0.4, -0.2) is 41.7 Å². The van der Waals surface area contributed by atoms with Crippen LogP contribution in [0.4, 0.5) is 4.79 Å². The maximum absolute atomic E-state index is 13.3. The molecule has 0 spiro atoms. The molecular weight excluding hydrogens is 584 g/mol. The number of hydrogen-bond acceptors (Lipinski definition) is 5. The number of nitrogens with zero attached hydrogens (tertiary/aromatic N) is 2. The predicted octanol–water partition coefficient (Wildman–Crippen LogP) is 6.68. The summed E-state index contributed by atoms with van der Waals surface area (Å²) in [5.74, 6) is 6.44. The molecule has 0 aromatic heterocycles. The summed E-state index contributed by atoms with van der Waals surface area (Å²) in [6, 6.07) is 36.8. The summed E-state index contributed by atoms with van der Waals surface area (Å²) in [6.07, 6.45) is 0.707. The Balaban J connectivity index is 1.21. The molecule has 1 aliphatic heterocycles. The van der Waals surface area contributed by atoms with Crippen molar-refractivity contribution in [2.45, 2.75) is 0 Å². The summed E-state index contributed by atoms with van der Waals surface area (Å²) >= 11 is 0. The summed E-state index contributed by atoms with van der Waals surface area (Å²) in [5, 5.41) is 7.03. The zero-order valence-electron chi connectivity index (χ0n) is 25.6. The second-order valence-corrected chi connectivity index (χ2v) is 11.6. The van der Waals surface area contributed by atoms with Crippen molar-refractivity contribution in [2.24, 2.45) is 0 Å². The van der Waals surface area contributed by atoms with Crippen LogP contribution >= 0.6 is 0 Å². The molecule has 6 aromatic carbocycles. The van der Waals surface area contributed by atoms with Gasteiger partial charge in [-0.3, -0.25) is 19.6 Å². The first-order valence-corrected chi connectivity index (χ1v) is 15.2. The summed E-state index contributed by atoms with van der Waals surface area (Å²) in [5.41, 5.74) is 12.5. The Morgan fingerprint density at radius 3 is 1.60 bits per heavy atom. The molecule has 7 heteroatoms. The number of amides is 2. The highest BCUT2D eigenvalue weighted by Crippen LogP contribution is 2.39. The molecular formula is C40H27N4O3. The smallest absolute Gasteiger partial charge is 0.289 e. The zero-order chi connectivity index (χ0) is 32.2. The first-order valence-electron chi connectivity index (χ1n) is 15.2. The molecule has 2 N–H and O–H groups in total. The highest BCUT2D eigenvalue weighted by molar-refractivity contribution is 6.28. The molecule has 8 rings (SSSR count). The second kappa shape index (κ2) is 11.1. The number of urea groups is 1. The van der Waals surface area contributed by atoms with E-state index in [9.17, 15) is 14.4 Å². The number of nitrogens with one attached hydrogen (secondary N) is 2. The number of hydrazine groups is 2. The summed E-state index contributed by atoms with van der Waals surface area (Å²) < 4.78 is 0. The van der Waals surface area contributed by atoms with Crippen LogP contribution in [0.15, 0.2) is 115 Å². The van der Waals surface area contributed by atoms with E-state index in [0.29, 0.717) is 34.0 Å². The summed E-state index contributed by atoms with van der Waals surface area (Å²) in [4.78, 5) is 38.6. The van der Waals surface area contributed by atoms with Gasteiger partial charge in [0.15, 0.2) is 17.7 Å². The first-order chi connectivity index (χ1) is 22.9. The van der Waals surface area contributed by atoms with Gasteiger partial charge in [-0.2, -0.15) is 0 Å². The Labute approximate surface area is 271 Å². The van der Waals surface area contributed by atoms with Crippen LogP contribution < -0.4 is 10.9 Å². The van der Waals surface area contributed by atoms with E-state index in [2.05, 4.69) is 59.1 Å². The third-order valence-electron chi connectivity index (χ3n) is 8.78. The minimum absolute atomic E-state index is 0.144. The average Bonchev–Trinajstić information content (AvgIpc) is 3.11. The Kier molecular flexibility index (Phi) is 6.69. The lowest BCUT2D eigenvalue weighted by atomic mass is 9.83. The van der Waals surface area contributed by atoms with E-state index in [0.717, 1.165) is 43.8 Å². The molecule has 1 saturated heterocycles. The van der Waals surface area contributed by atoms with Crippen molar-refractivity contribution in [1.29, 1.82) is 0 Å². The summed E-state index contributed by atoms with van der Waals surface area (Å²) in [7, 11) is 3.36. The number of benzene rings is 6. The van der Waals surface area contributed by atoms with Gasteiger partial charge in [-0.05, 0) is 56.4 Å². The zero-order valence-corrected chi connectivity index (χ0v) is 25.6. The molecule has 2 amide bonds. The summed E-state index contributed by atoms with van der Waals surface area (Å²) in [6.45, 7) is 0. The third kappa shape index (κ3) is 4.67. The fraction of sp³-hybridized carbons (Fsp3) is 0.0500. The van der Waals surface area contributed by atoms with Crippen LogP contribution in [0.1, 0.15) is 48.5 Å². The molecule has 1 fully saturated rings. The highest BCUT2D eigenvalue weighted by Gasteiger charge is 2.30. The van der Waals surface area contributed by atoms with Crippen LogP contribution in [0.3, 0.4) is 0 Å². The second-order valence-electron chi connectivity index (χ2n) is 11.6. The van der Waals surface area contributed by atoms with Crippen molar-refractivity contribution in [3.63, 3.8) is 0 Å². The predicted molar refractivity (Wildman–Crippen MR) is 182 cm³/mol. The Morgan fingerprint density at radius 1 is 0.511 bits per heavy atom. The number of hydrogen-bond donors (Lipinski definition) is 2. The molecule has 0 saturated carbocycles. The van der Waals surface area contributed by atoms with Gasteiger partial charge in [0.2, 0.25) is 0 Å². The minimum atomic E-state index is -0.188. The molecule has 7 nitrogen and oxygen atoms in total. The lowest BCUT2D eigenvalue weighted by molar-refractivity contribution is 0.0979. The van der Waals surface area contributed by atoms with E-state index >= 15 is 0 Å². The number of ketones is 2. The van der Waals surface area contributed by atoms with E-state index < -0.39 is 0 Å². The normalized spacial score (nSPS) is 14.6. The third-order valence-corrected chi connectivity index (χ3v) is 8.78. The molecule has 6 aromatic rings. The first kappa shape index (κ1) is 28.4. The van der Waals surface area contributed by atoms with Crippen molar-refractivity contribution in [2.75, 3.05) is 14.1 Å². The molecule has 1 radical (unpaired) electrons. The van der Waals surface area contributed by atoms with Crippen molar-refractivity contribution in [1.82, 2.24) is 20.9 Å². The molecule has 2 aliphatic rings. The number of carbonyl (C=O) groups is 3. The van der Waals surface area contributed by atoms with Gasteiger partial charge >= 0.3 is 6.03 Å². The van der Waals surface area contributed by atoms with Crippen LogP contribution in [0, 0.1) is 18.0 Å². The Hall–Kier alpha value is -6.07. The standard InChI is InChI=1S/C40H27N4O3/c1-43-40(47)44(2)42-39(41-43)26-19-17-25(18-20-26)36-30-11-5-3-9-27(30)29(28-10-4-6-12-31(28)36)21-15-24-16-22-34-35(23-24)38(46)33-14-8-7-13-32(33)37(34)45/h3-14,16-20,22-23,41-42H,1-2H3. The number of fused-ring (bicyclic) bond motifs is 4. The van der Waals surface area contributed by atoms with E-state index in [1.165, 1.54) is 10.0 Å². The maximum atomic E-state index is 13.3. The molecule has 225 valence electrons. The van der Waals surface area contributed by atoms with Gasteiger partial charge in [0, 0.05) is 47.5 Å². The minimum Gasteiger partial charge on any atom is -0.289 e. The van der Waals surface area contributed by atoms with Gasteiger partial charge in [0.05, 0.1) is 0 Å². The van der Waals surface area contributed by atoms with Crippen LogP contribution in [0.5, 0.6) is 0 Å². The fourth-order valence-corrected chi connectivity index (χ4v) is 6.50. The molecule has 47 heavy (non-hydrogen) atoms. The lowest BCUT2D eigenvalue weighted by Gasteiger charge is -2.37. The average molecular weight is 612 g/mol.